The van der Waals surface area contributed by atoms with Gasteiger partial charge in [0.1, 0.15) is 11.6 Å². The molecule has 120 valence electrons. The number of likely N-dealkylation sites (tertiary alicyclic amines) is 1. The Balaban J connectivity index is 1.70. The van der Waals surface area contributed by atoms with Crippen molar-refractivity contribution in [2.75, 3.05) is 6.54 Å². The molecule has 1 amide bonds. The topological polar surface area (TPSA) is 40.5 Å². The molecule has 1 N–H and O–H groups in total. The smallest absolute Gasteiger partial charge is 0.226 e. The lowest BCUT2D eigenvalue weighted by atomic mass is 10.1. The number of aliphatic hydroxyl groups excluding tert-OH is 1. The van der Waals surface area contributed by atoms with Gasteiger partial charge in [0, 0.05) is 30.0 Å². The maximum absolute atomic E-state index is 13.8. The number of rotatable bonds is 4. The molecular formula is C17H21F2NO2. The summed E-state index contributed by atoms with van der Waals surface area (Å²) in [7, 11) is 0. The van der Waals surface area contributed by atoms with Crippen molar-refractivity contribution in [2.24, 2.45) is 5.92 Å². The van der Waals surface area contributed by atoms with Gasteiger partial charge in [0.05, 0.1) is 6.10 Å². The molecule has 1 saturated carbocycles. The number of nitrogens with zero attached hydrogens (tertiary/aromatic N) is 1. The molecule has 0 aromatic heterocycles. The third kappa shape index (κ3) is 2.86. The van der Waals surface area contributed by atoms with Crippen LogP contribution in [0.15, 0.2) is 18.2 Å². The van der Waals surface area contributed by atoms with Crippen molar-refractivity contribution < 1.29 is 18.7 Å². The predicted molar refractivity (Wildman–Crippen MR) is 78.2 cm³/mol. The molecule has 2 fully saturated rings. The lowest BCUT2D eigenvalue weighted by molar-refractivity contribution is -0.133. The summed E-state index contributed by atoms with van der Waals surface area (Å²) in [6, 6.07) is 3.88. The molecule has 5 heteroatoms. The minimum atomic E-state index is -0.567. The molecule has 3 nitrogen and oxygen atoms in total. The average molecular weight is 309 g/mol. The van der Waals surface area contributed by atoms with Crippen LogP contribution in [0.1, 0.15) is 44.1 Å². The zero-order valence-electron chi connectivity index (χ0n) is 12.6. The van der Waals surface area contributed by atoms with Gasteiger partial charge in [-0.3, -0.25) is 4.79 Å². The SMILES string of the molecule is CC(O)CC1CCCN1C(=O)C1CC1c1c(F)cccc1F. The second-order valence-electron chi connectivity index (χ2n) is 6.50. The van der Waals surface area contributed by atoms with Crippen molar-refractivity contribution in [3.8, 4) is 0 Å². The number of benzene rings is 1. The Labute approximate surface area is 128 Å². The molecule has 1 saturated heterocycles. The second kappa shape index (κ2) is 5.95. The summed E-state index contributed by atoms with van der Waals surface area (Å²) in [5, 5.41) is 9.53. The molecule has 0 bridgehead atoms. The first-order valence-corrected chi connectivity index (χ1v) is 7.91. The maximum atomic E-state index is 13.8. The Morgan fingerprint density at radius 3 is 2.73 bits per heavy atom. The van der Waals surface area contributed by atoms with E-state index in [4.69, 9.17) is 0 Å². The Hall–Kier alpha value is -1.49. The highest BCUT2D eigenvalue weighted by Gasteiger charge is 2.49. The van der Waals surface area contributed by atoms with Crippen LogP contribution in [0.5, 0.6) is 0 Å². The third-order valence-electron chi connectivity index (χ3n) is 4.75. The van der Waals surface area contributed by atoms with Gasteiger partial charge in [-0.25, -0.2) is 8.78 Å². The van der Waals surface area contributed by atoms with Crippen LogP contribution in [0.2, 0.25) is 0 Å². The van der Waals surface area contributed by atoms with Crippen LogP contribution in [0.25, 0.3) is 0 Å². The van der Waals surface area contributed by atoms with Gasteiger partial charge in [0.2, 0.25) is 5.91 Å². The molecule has 0 spiro atoms. The highest BCUT2D eigenvalue weighted by Crippen LogP contribution is 2.50. The summed E-state index contributed by atoms with van der Waals surface area (Å²) in [6.07, 6.45) is 2.44. The van der Waals surface area contributed by atoms with E-state index in [1.54, 1.807) is 11.8 Å². The van der Waals surface area contributed by atoms with Crippen molar-refractivity contribution in [3.63, 3.8) is 0 Å². The van der Waals surface area contributed by atoms with E-state index in [9.17, 15) is 18.7 Å². The quantitative estimate of drug-likeness (QED) is 0.929. The standard InChI is InChI=1S/C17H21F2NO2/c1-10(21)8-11-4-3-7-20(11)17(22)13-9-12(13)16-14(18)5-2-6-15(16)19/h2,5-6,10-13,21H,3-4,7-9H2,1H3. The van der Waals surface area contributed by atoms with Gasteiger partial charge in [-0.15, -0.1) is 0 Å². The minimum absolute atomic E-state index is 0.0178. The summed E-state index contributed by atoms with van der Waals surface area (Å²) >= 11 is 0. The first-order valence-electron chi connectivity index (χ1n) is 7.91. The average Bonchev–Trinajstić information content (AvgIpc) is 3.09. The van der Waals surface area contributed by atoms with E-state index in [1.807, 2.05) is 0 Å². The summed E-state index contributed by atoms with van der Waals surface area (Å²) in [6.45, 7) is 2.40. The first kappa shape index (κ1) is 15.4. The predicted octanol–water partition coefficient (Wildman–Crippen LogP) is 2.83. The van der Waals surface area contributed by atoms with Gasteiger partial charge in [0.15, 0.2) is 0 Å². The fraction of sp³-hybridized carbons (Fsp3) is 0.588. The number of amides is 1. The molecule has 1 aromatic rings. The van der Waals surface area contributed by atoms with Gasteiger partial charge >= 0.3 is 0 Å². The Morgan fingerprint density at radius 1 is 1.41 bits per heavy atom. The number of carbonyl (C=O) groups excluding carboxylic acids is 1. The van der Waals surface area contributed by atoms with E-state index in [0.29, 0.717) is 19.4 Å². The summed E-state index contributed by atoms with van der Waals surface area (Å²) in [4.78, 5) is 14.4. The molecule has 1 aliphatic carbocycles. The van der Waals surface area contributed by atoms with Crippen molar-refractivity contribution in [1.29, 1.82) is 0 Å². The summed E-state index contributed by atoms with van der Waals surface area (Å²) < 4.78 is 27.6. The molecule has 1 aromatic carbocycles. The molecule has 4 atom stereocenters. The van der Waals surface area contributed by atoms with Gasteiger partial charge in [-0.1, -0.05) is 6.07 Å². The number of hydrogen-bond acceptors (Lipinski definition) is 2. The first-order chi connectivity index (χ1) is 10.5. The van der Waals surface area contributed by atoms with Crippen molar-refractivity contribution in [1.82, 2.24) is 4.90 Å². The van der Waals surface area contributed by atoms with Gasteiger partial charge < -0.3 is 10.0 Å². The summed E-state index contributed by atoms with van der Waals surface area (Å²) in [5.74, 6) is -1.82. The van der Waals surface area contributed by atoms with Gasteiger partial charge in [0.25, 0.3) is 0 Å². The van der Waals surface area contributed by atoms with Gasteiger partial charge in [-0.2, -0.15) is 0 Å². The second-order valence-corrected chi connectivity index (χ2v) is 6.50. The molecule has 0 radical (unpaired) electrons. The fourth-order valence-electron chi connectivity index (χ4n) is 3.63. The Bertz CT molecular complexity index is 556. The fourth-order valence-corrected chi connectivity index (χ4v) is 3.63. The molecule has 2 aliphatic rings. The van der Waals surface area contributed by atoms with Crippen LogP contribution in [-0.2, 0) is 4.79 Å². The van der Waals surface area contributed by atoms with Crippen LogP contribution >= 0.6 is 0 Å². The van der Waals surface area contributed by atoms with Crippen molar-refractivity contribution in [3.05, 3.63) is 35.4 Å². The van der Waals surface area contributed by atoms with E-state index < -0.39 is 17.7 Å². The van der Waals surface area contributed by atoms with Crippen molar-refractivity contribution >= 4 is 5.91 Å². The molecule has 1 heterocycles. The molecule has 3 rings (SSSR count). The molecule has 22 heavy (non-hydrogen) atoms. The Morgan fingerprint density at radius 2 is 2.09 bits per heavy atom. The van der Waals surface area contributed by atoms with Crippen LogP contribution in [-0.4, -0.2) is 34.6 Å². The monoisotopic (exact) mass is 309 g/mol. The zero-order chi connectivity index (χ0) is 15.9. The molecule has 1 aliphatic heterocycles. The van der Waals surface area contributed by atoms with E-state index in [2.05, 4.69) is 0 Å². The number of aliphatic hydroxyl groups is 1. The van der Waals surface area contributed by atoms with Crippen LogP contribution in [0.4, 0.5) is 8.78 Å². The van der Waals surface area contributed by atoms with Crippen molar-refractivity contribution in [2.45, 2.75) is 50.7 Å². The van der Waals surface area contributed by atoms with Crippen LogP contribution < -0.4 is 0 Å². The Kier molecular flexibility index (Phi) is 4.17. The summed E-state index contributed by atoms with van der Waals surface area (Å²) in [5.41, 5.74) is 0.0483. The van der Waals surface area contributed by atoms with Crippen LogP contribution in [0.3, 0.4) is 0 Å². The molecular weight excluding hydrogens is 288 g/mol. The van der Waals surface area contributed by atoms with E-state index in [0.717, 1.165) is 12.8 Å². The van der Waals surface area contributed by atoms with Crippen LogP contribution in [0, 0.1) is 17.6 Å². The van der Waals surface area contributed by atoms with E-state index in [-0.39, 0.29) is 29.3 Å². The molecule has 4 unspecified atom stereocenters. The number of halogens is 2. The zero-order valence-corrected chi connectivity index (χ0v) is 12.6. The third-order valence-corrected chi connectivity index (χ3v) is 4.75. The normalized spacial score (nSPS) is 28.7. The van der Waals surface area contributed by atoms with E-state index >= 15 is 0 Å². The lowest BCUT2D eigenvalue weighted by Gasteiger charge is -2.26. The van der Waals surface area contributed by atoms with Gasteiger partial charge in [-0.05, 0) is 44.7 Å². The lowest BCUT2D eigenvalue weighted by Crippen LogP contribution is -2.38. The maximum Gasteiger partial charge on any atom is 0.226 e. The largest absolute Gasteiger partial charge is 0.393 e. The minimum Gasteiger partial charge on any atom is -0.393 e. The number of hydrogen-bond donors (Lipinski definition) is 1. The van der Waals surface area contributed by atoms with E-state index in [1.165, 1.54) is 18.2 Å². The highest BCUT2D eigenvalue weighted by atomic mass is 19.1. The number of carbonyl (C=O) groups is 1. The highest BCUT2D eigenvalue weighted by molar-refractivity contribution is 5.83.